The van der Waals surface area contributed by atoms with Crippen molar-refractivity contribution in [2.75, 3.05) is 22.1 Å². The van der Waals surface area contributed by atoms with Gasteiger partial charge in [-0.3, -0.25) is 0 Å². The van der Waals surface area contributed by atoms with Crippen LogP contribution in [0.25, 0.3) is 0 Å². The zero-order valence-electron chi connectivity index (χ0n) is 18.4. The van der Waals surface area contributed by atoms with Crippen LogP contribution in [0.2, 0.25) is 0 Å². The van der Waals surface area contributed by atoms with E-state index in [-0.39, 0.29) is 5.41 Å². The number of piperidine rings is 1. The molecule has 1 fully saturated rings. The van der Waals surface area contributed by atoms with Crippen LogP contribution in [-0.2, 0) is 12.7 Å². The lowest BCUT2D eigenvalue weighted by atomic mass is 9.87. The lowest BCUT2D eigenvalue weighted by Gasteiger charge is -2.40. The maximum Gasteiger partial charge on any atom is 0.416 e. The van der Waals surface area contributed by atoms with Crippen LogP contribution in [0.5, 0.6) is 0 Å². The van der Waals surface area contributed by atoms with Gasteiger partial charge < -0.3 is 15.5 Å². The lowest BCUT2D eigenvalue weighted by molar-refractivity contribution is -0.137. The van der Waals surface area contributed by atoms with Gasteiger partial charge in [-0.25, -0.2) is 0 Å². The third-order valence-corrected chi connectivity index (χ3v) is 5.78. The van der Waals surface area contributed by atoms with Gasteiger partial charge in [-0.2, -0.15) is 13.2 Å². The fraction of sp³-hybridized carbons (Fsp3) is 0.440. The third kappa shape index (κ3) is 5.00. The highest BCUT2D eigenvalue weighted by atomic mass is 19.4. The average Bonchev–Trinajstić information content (AvgIpc) is 2.71. The number of halogens is 3. The van der Waals surface area contributed by atoms with Gasteiger partial charge in [0.25, 0.3) is 0 Å². The van der Waals surface area contributed by atoms with E-state index in [9.17, 15) is 13.2 Å². The molecule has 2 aliphatic heterocycles. The first kappa shape index (κ1) is 21.6. The summed E-state index contributed by atoms with van der Waals surface area (Å²) < 4.78 is 38.3. The van der Waals surface area contributed by atoms with E-state index in [1.165, 1.54) is 42.1 Å². The molecule has 6 heteroatoms. The standard InChI is InChI=1S/C25H30F3N3/c1-24(2,3)15-21-22-6-4-5-13-31(22)23-14-19(11-12-20(23)30-21)29-16-17-7-9-18(10-8-17)25(26,27)28/h7-12,14,29-30H,4-6,13,15-16H2,1-3H3. The molecule has 0 unspecified atom stereocenters. The summed E-state index contributed by atoms with van der Waals surface area (Å²) >= 11 is 0. The van der Waals surface area contributed by atoms with Crippen molar-refractivity contribution in [3.63, 3.8) is 0 Å². The van der Waals surface area contributed by atoms with E-state index in [2.05, 4.69) is 48.4 Å². The van der Waals surface area contributed by atoms with Crippen molar-refractivity contribution in [2.45, 2.75) is 59.2 Å². The molecule has 0 bridgehead atoms. The minimum atomic E-state index is -4.30. The number of fused-ring (bicyclic) bond motifs is 3. The summed E-state index contributed by atoms with van der Waals surface area (Å²) in [5, 5.41) is 7.04. The molecule has 2 aliphatic rings. The van der Waals surface area contributed by atoms with Crippen molar-refractivity contribution in [3.8, 4) is 0 Å². The molecule has 166 valence electrons. The van der Waals surface area contributed by atoms with E-state index in [0.717, 1.165) is 48.5 Å². The second kappa shape index (κ2) is 8.13. The number of benzene rings is 2. The van der Waals surface area contributed by atoms with Gasteiger partial charge in [0.05, 0.1) is 16.9 Å². The molecule has 0 amide bonds. The van der Waals surface area contributed by atoms with Crippen LogP contribution in [0, 0.1) is 5.41 Å². The molecular weight excluding hydrogens is 399 g/mol. The second-order valence-corrected chi connectivity index (χ2v) is 9.68. The first-order valence-electron chi connectivity index (χ1n) is 10.9. The molecule has 4 rings (SSSR count). The highest BCUT2D eigenvalue weighted by molar-refractivity contribution is 5.81. The van der Waals surface area contributed by atoms with Crippen LogP contribution in [-0.4, -0.2) is 6.54 Å². The zero-order chi connectivity index (χ0) is 22.2. The molecule has 31 heavy (non-hydrogen) atoms. The van der Waals surface area contributed by atoms with Crippen LogP contribution >= 0.6 is 0 Å². The summed E-state index contributed by atoms with van der Waals surface area (Å²) in [5.74, 6) is 0. The largest absolute Gasteiger partial charge is 0.416 e. The molecule has 0 aliphatic carbocycles. The molecule has 0 aromatic heterocycles. The summed E-state index contributed by atoms with van der Waals surface area (Å²) in [7, 11) is 0. The molecule has 2 heterocycles. The first-order valence-corrected chi connectivity index (χ1v) is 10.9. The van der Waals surface area contributed by atoms with Crippen molar-refractivity contribution in [2.24, 2.45) is 5.41 Å². The second-order valence-electron chi connectivity index (χ2n) is 9.68. The van der Waals surface area contributed by atoms with Gasteiger partial charge in [0.2, 0.25) is 0 Å². The van der Waals surface area contributed by atoms with Crippen LogP contribution < -0.4 is 15.5 Å². The number of alkyl halides is 3. The van der Waals surface area contributed by atoms with E-state index < -0.39 is 11.7 Å². The normalized spacial score (nSPS) is 16.5. The summed E-state index contributed by atoms with van der Waals surface area (Å²) in [6, 6.07) is 11.6. The molecule has 0 atom stereocenters. The van der Waals surface area contributed by atoms with E-state index in [1.807, 2.05) is 6.07 Å². The molecule has 2 aromatic carbocycles. The predicted octanol–water partition coefficient (Wildman–Crippen LogP) is 7.38. The minimum Gasteiger partial charge on any atom is -0.381 e. The van der Waals surface area contributed by atoms with Gasteiger partial charge in [-0.15, -0.1) is 0 Å². The van der Waals surface area contributed by atoms with E-state index in [4.69, 9.17) is 0 Å². The maximum absolute atomic E-state index is 12.8. The number of rotatable bonds is 4. The Labute approximate surface area is 182 Å². The van der Waals surface area contributed by atoms with Gasteiger partial charge in [-0.1, -0.05) is 32.9 Å². The van der Waals surface area contributed by atoms with Crippen molar-refractivity contribution < 1.29 is 13.2 Å². The Balaban J connectivity index is 1.51. The molecular formula is C25H30F3N3. The summed E-state index contributed by atoms with van der Waals surface area (Å²) in [4.78, 5) is 2.44. The maximum atomic E-state index is 12.8. The summed E-state index contributed by atoms with van der Waals surface area (Å²) in [5.41, 5.74) is 6.37. The Morgan fingerprint density at radius 2 is 1.74 bits per heavy atom. The van der Waals surface area contributed by atoms with Crippen LogP contribution in [0.4, 0.5) is 30.2 Å². The van der Waals surface area contributed by atoms with E-state index in [1.54, 1.807) is 0 Å². The Morgan fingerprint density at radius 3 is 2.42 bits per heavy atom. The number of hydrogen-bond acceptors (Lipinski definition) is 3. The van der Waals surface area contributed by atoms with Crippen LogP contribution in [0.15, 0.2) is 53.9 Å². The number of allylic oxidation sites excluding steroid dienone is 2. The third-order valence-electron chi connectivity index (χ3n) is 5.78. The fourth-order valence-electron chi connectivity index (χ4n) is 4.31. The average molecular weight is 430 g/mol. The van der Waals surface area contributed by atoms with E-state index >= 15 is 0 Å². The van der Waals surface area contributed by atoms with Gasteiger partial charge in [0.15, 0.2) is 0 Å². The quantitative estimate of drug-likeness (QED) is 0.531. The SMILES string of the molecule is CC(C)(C)CC1=C2CCCCN2c2cc(NCc3ccc(C(F)(F)F)cc3)ccc2N1. The van der Waals surface area contributed by atoms with Crippen molar-refractivity contribution in [1.29, 1.82) is 0 Å². The molecule has 0 saturated carbocycles. The highest BCUT2D eigenvalue weighted by Gasteiger charge is 2.30. The Hall–Kier alpha value is -2.63. The van der Waals surface area contributed by atoms with Crippen LogP contribution in [0.1, 0.15) is 57.6 Å². The molecule has 3 nitrogen and oxygen atoms in total. The number of nitrogens with one attached hydrogen (secondary N) is 2. The fourth-order valence-corrected chi connectivity index (χ4v) is 4.31. The smallest absolute Gasteiger partial charge is 0.381 e. The van der Waals surface area contributed by atoms with Gasteiger partial charge in [-0.05, 0) is 67.0 Å². The monoisotopic (exact) mass is 429 g/mol. The van der Waals surface area contributed by atoms with Gasteiger partial charge >= 0.3 is 6.18 Å². The highest BCUT2D eigenvalue weighted by Crippen LogP contribution is 2.43. The Morgan fingerprint density at radius 1 is 1.00 bits per heavy atom. The number of anilines is 3. The van der Waals surface area contributed by atoms with Crippen molar-refractivity contribution >= 4 is 17.1 Å². The minimum absolute atomic E-state index is 0.207. The summed E-state index contributed by atoms with van der Waals surface area (Å²) in [6.07, 6.45) is 0.174. The van der Waals surface area contributed by atoms with Crippen molar-refractivity contribution in [1.82, 2.24) is 0 Å². The first-order chi connectivity index (χ1) is 14.6. The van der Waals surface area contributed by atoms with Crippen LogP contribution in [0.3, 0.4) is 0 Å². The Kier molecular flexibility index (Phi) is 5.67. The zero-order valence-corrected chi connectivity index (χ0v) is 18.4. The van der Waals surface area contributed by atoms with Crippen molar-refractivity contribution in [3.05, 3.63) is 65.0 Å². The predicted molar refractivity (Wildman–Crippen MR) is 121 cm³/mol. The van der Waals surface area contributed by atoms with Gasteiger partial charge in [0, 0.05) is 30.2 Å². The number of hydrogen-bond donors (Lipinski definition) is 2. The molecule has 2 N–H and O–H groups in total. The van der Waals surface area contributed by atoms with Gasteiger partial charge in [0.1, 0.15) is 0 Å². The van der Waals surface area contributed by atoms with E-state index in [0.29, 0.717) is 6.54 Å². The summed E-state index contributed by atoms with van der Waals surface area (Å²) in [6.45, 7) is 8.28. The Bertz CT molecular complexity index is 969. The molecule has 0 radical (unpaired) electrons. The molecule has 1 saturated heterocycles. The number of nitrogens with zero attached hydrogens (tertiary/aromatic N) is 1. The molecule has 0 spiro atoms. The topological polar surface area (TPSA) is 27.3 Å². The lowest BCUT2D eigenvalue weighted by Crippen LogP contribution is -2.34. The molecule has 2 aromatic rings.